The summed E-state index contributed by atoms with van der Waals surface area (Å²) in [6.45, 7) is 0.469. The van der Waals surface area contributed by atoms with Crippen LogP contribution in [-0.2, 0) is 6.54 Å². The van der Waals surface area contributed by atoms with Crippen molar-refractivity contribution >= 4 is 17.4 Å². The molecule has 4 heteroatoms. The minimum Gasteiger partial charge on any atom is -0.372 e. The van der Waals surface area contributed by atoms with E-state index in [-0.39, 0.29) is 0 Å². The van der Waals surface area contributed by atoms with Gasteiger partial charge in [-0.05, 0) is 11.6 Å². The van der Waals surface area contributed by atoms with Crippen molar-refractivity contribution in [3.8, 4) is 0 Å². The molecule has 1 aromatic rings. The Hall–Kier alpha value is -0.800. The SMILES string of the molecule is CNc1ncc(CN)cc1Cl. The summed E-state index contributed by atoms with van der Waals surface area (Å²) in [4.78, 5) is 4.04. The van der Waals surface area contributed by atoms with Crippen LogP contribution in [0, 0.1) is 0 Å². The third-order valence-corrected chi connectivity index (χ3v) is 1.66. The first-order valence-electron chi connectivity index (χ1n) is 3.30. The Morgan fingerprint density at radius 3 is 2.91 bits per heavy atom. The van der Waals surface area contributed by atoms with Gasteiger partial charge in [0.25, 0.3) is 0 Å². The van der Waals surface area contributed by atoms with E-state index in [0.29, 0.717) is 17.4 Å². The van der Waals surface area contributed by atoms with E-state index < -0.39 is 0 Å². The van der Waals surface area contributed by atoms with E-state index in [0.717, 1.165) is 5.56 Å². The smallest absolute Gasteiger partial charge is 0.144 e. The van der Waals surface area contributed by atoms with Gasteiger partial charge in [-0.15, -0.1) is 0 Å². The highest BCUT2D eigenvalue weighted by Crippen LogP contribution is 2.18. The van der Waals surface area contributed by atoms with Gasteiger partial charge in [-0.2, -0.15) is 0 Å². The number of halogens is 1. The average Bonchev–Trinajstić information content (AvgIpc) is 2.04. The zero-order chi connectivity index (χ0) is 8.27. The normalized spacial score (nSPS) is 9.73. The van der Waals surface area contributed by atoms with Crippen LogP contribution in [-0.4, -0.2) is 12.0 Å². The Labute approximate surface area is 70.6 Å². The summed E-state index contributed by atoms with van der Waals surface area (Å²) in [6, 6.07) is 1.81. The summed E-state index contributed by atoms with van der Waals surface area (Å²) in [5, 5.41) is 3.47. The fraction of sp³-hybridized carbons (Fsp3) is 0.286. The number of nitrogens with one attached hydrogen (secondary N) is 1. The van der Waals surface area contributed by atoms with Crippen molar-refractivity contribution in [1.82, 2.24) is 4.98 Å². The molecule has 1 heterocycles. The summed E-state index contributed by atoms with van der Waals surface area (Å²) in [5.41, 5.74) is 6.33. The summed E-state index contributed by atoms with van der Waals surface area (Å²) >= 11 is 5.83. The van der Waals surface area contributed by atoms with Gasteiger partial charge in [0.2, 0.25) is 0 Å². The molecule has 0 spiro atoms. The molecule has 0 fully saturated rings. The van der Waals surface area contributed by atoms with Crippen LogP contribution in [0.3, 0.4) is 0 Å². The van der Waals surface area contributed by atoms with E-state index in [4.69, 9.17) is 17.3 Å². The molecule has 1 aromatic heterocycles. The van der Waals surface area contributed by atoms with Crippen molar-refractivity contribution in [2.75, 3.05) is 12.4 Å². The van der Waals surface area contributed by atoms with Gasteiger partial charge in [0.1, 0.15) is 5.82 Å². The highest BCUT2D eigenvalue weighted by Gasteiger charge is 1.99. The number of nitrogens with zero attached hydrogens (tertiary/aromatic N) is 1. The zero-order valence-corrected chi connectivity index (χ0v) is 7.02. The van der Waals surface area contributed by atoms with Crippen LogP contribution >= 0.6 is 11.6 Å². The molecular weight excluding hydrogens is 162 g/mol. The highest BCUT2D eigenvalue weighted by molar-refractivity contribution is 6.32. The fourth-order valence-electron chi connectivity index (χ4n) is 0.773. The molecule has 0 bridgehead atoms. The molecule has 60 valence electrons. The van der Waals surface area contributed by atoms with E-state index >= 15 is 0 Å². The number of hydrogen-bond donors (Lipinski definition) is 2. The van der Waals surface area contributed by atoms with Crippen molar-refractivity contribution in [3.05, 3.63) is 22.8 Å². The number of nitrogens with two attached hydrogens (primary N) is 1. The van der Waals surface area contributed by atoms with Gasteiger partial charge < -0.3 is 11.1 Å². The van der Waals surface area contributed by atoms with E-state index in [1.807, 2.05) is 0 Å². The third-order valence-electron chi connectivity index (χ3n) is 1.37. The minimum absolute atomic E-state index is 0.469. The van der Waals surface area contributed by atoms with Gasteiger partial charge in [0.15, 0.2) is 0 Å². The van der Waals surface area contributed by atoms with Crippen LogP contribution in [0.5, 0.6) is 0 Å². The first-order valence-corrected chi connectivity index (χ1v) is 3.68. The molecule has 3 nitrogen and oxygen atoms in total. The quantitative estimate of drug-likeness (QED) is 0.704. The second-order valence-electron chi connectivity index (χ2n) is 2.13. The molecule has 0 saturated heterocycles. The molecular formula is C7H10ClN3. The molecule has 3 N–H and O–H groups in total. The molecule has 11 heavy (non-hydrogen) atoms. The first kappa shape index (κ1) is 8.30. The average molecular weight is 172 g/mol. The van der Waals surface area contributed by atoms with Gasteiger partial charge in [-0.1, -0.05) is 11.6 Å². The van der Waals surface area contributed by atoms with E-state index in [2.05, 4.69) is 10.3 Å². The van der Waals surface area contributed by atoms with E-state index in [9.17, 15) is 0 Å². The lowest BCUT2D eigenvalue weighted by Gasteiger charge is -2.02. The summed E-state index contributed by atoms with van der Waals surface area (Å²) < 4.78 is 0. The summed E-state index contributed by atoms with van der Waals surface area (Å²) in [6.07, 6.45) is 1.71. The third kappa shape index (κ3) is 1.82. The van der Waals surface area contributed by atoms with Gasteiger partial charge in [-0.25, -0.2) is 4.98 Å². The number of aromatic nitrogens is 1. The van der Waals surface area contributed by atoms with Crippen molar-refractivity contribution in [1.29, 1.82) is 0 Å². The molecule has 0 aromatic carbocycles. The maximum atomic E-state index is 5.83. The predicted molar refractivity (Wildman–Crippen MR) is 46.7 cm³/mol. The van der Waals surface area contributed by atoms with Crippen molar-refractivity contribution in [2.24, 2.45) is 5.73 Å². The second-order valence-corrected chi connectivity index (χ2v) is 2.54. The second kappa shape index (κ2) is 3.55. The minimum atomic E-state index is 0.469. The number of rotatable bonds is 2. The van der Waals surface area contributed by atoms with Crippen molar-refractivity contribution in [2.45, 2.75) is 6.54 Å². The Balaban J connectivity index is 2.99. The maximum Gasteiger partial charge on any atom is 0.144 e. The maximum absolute atomic E-state index is 5.83. The van der Waals surface area contributed by atoms with Crippen molar-refractivity contribution in [3.63, 3.8) is 0 Å². The molecule has 0 radical (unpaired) electrons. The molecule has 0 unspecified atom stereocenters. The van der Waals surface area contributed by atoms with Crippen LogP contribution in [0.25, 0.3) is 0 Å². The van der Waals surface area contributed by atoms with Gasteiger partial charge >= 0.3 is 0 Å². The molecule has 0 saturated carbocycles. The Kier molecular flexibility index (Phi) is 2.68. The zero-order valence-electron chi connectivity index (χ0n) is 6.26. The largest absolute Gasteiger partial charge is 0.372 e. The first-order chi connectivity index (χ1) is 5.27. The Morgan fingerprint density at radius 1 is 1.73 bits per heavy atom. The number of pyridine rings is 1. The van der Waals surface area contributed by atoms with Crippen LogP contribution in [0.4, 0.5) is 5.82 Å². The number of hydrogen-bond acceptors (Lipinski definition) is 3. The van der Waals surface area contributed by atoms with Crippen molar-refractivity contribution < 1.29 is 0 Å². The topological polar surface area (TPSA) is 50.9 Å². The van der Waals surface area contributed by atoms with E-state index in [1.54, 1.807) is 19.3 Å². The van der Waals surface area contributed by atoms with Crippen LogP contribution in [0.2, 0.25) is 5.02 Å². The lowest BCUT2D eigenvalue weighted by molar-refractivity contribution is 1.05. The predicted octanol–water partition coefficient (Wildman–Crippen LogP) is 1.24. The standard InChI is InChI=1S/C7H10ClN3/c1-10-7-6(8)2-5(3-9)4-11-7/h2,4H,3,9H2,1H3,(H,10,11). The highest BCUT2D eigenvalue weighted by atomic mass is 35.5. The molecule has 0 amide bonds. The monoisotopic (exact) mass is 171 g/mol. The van der Waals surface area contributed by atoms with Crippen LogP contribution < -0.4 is 11.1 Å². The van der Waals surface area contributed by atoms with E-state index in [1.165, 1.54) is 0 Å². The molecule has 1 rings (SSSR count). The summed E-state index contributed by atoms with van der Waals surface area (Å²) in [7, 11) is 1.77. The summed E-state index contributed by atoms with van der Waals surface area (Å²) in [5.74, 6) is 0.684. The van der Waals surface area contributed by atoms with Crippen LogP contribution in [0.15, 0.2) is 12.3 Å². The number of anilines is 1. The molecule has 0 aliphatic rings. The Bertz CT molecular complexity index is 249. The van der Waals surface area contributed by atoms with Crippen LogP contribution in [0.1, 0.15) is 5.56 Å². The molecule has 0 atom stereocenters. The molecule has 0 aliphatic carbocycles. The lowest BCUT2D eigenvalue weighted by atomic mass is 10.3. The van der Waals surface area contributed by atoms with Gasteiger partial charge in [-0.3, -0.25) is 0 Å². The van der Waals surface area contributed by atoms with Gasteiger partial charge in [0.05, 0.1) is 5.02 Å². The fourth-order valence-corrected chi connectivity index (χ4v) is 1.06. The van der Waals surface area contributed by atoms with Gasteiger partial charge in [0, 0.05) is 19.8 Å². The lowest BCUT2D eigenvalue weighted by Crippen LogP contribution is -1.99. The Morgan fingerprint density at radius 2 is 2.45 bits per heavy atom. The molecule has 0 aliphatic heterocycles.